The number of hydrogen-bond acceptors (Lipinski definition) is 5. The third-order valence-corrected chi connectivity index (χ3v) is 3.68. The normalized spacial score (nSPS) is 10.6. The molecule has 9 heteroatoms. The Bertz CT molecular complexity index is 682. The number of hydrogen-bond donors (Lipinski definition) is 2. The lowest BCUT2D eigenvalue weighted by Gasteiger charge is -2.12. The van der Waals surface area contributed by atoms with Crippen LogP contribution in [0.2, 0.25) is 0 Å². The second kappa shape index (κ2) is 6.90. The number of nitrogens with zero attached hydrogens (tertiary/aromatic N) is 1. The Hall–Kier alpha value is -2.34. The lowest BCUT2D eigenvalue weighted by atomic mass is 10.1. The van der Waals surface area contributed by atoms with Crippen molar-refractivity contribution in [2.24, 2.45) is 0 Å². The van der Waals surface area contributed by atoms with Crippen LogP contribution in [0.1, 0.15) is 19.4 Å². The summed E-state index contributed by atoms with van der Waals surface area (Å²) in [5, 5.41) is 11.0. The molecule has 0 spiro atoms. The van der Waals surface area contributed by atoms with Crippen molar-refractivity contribution < 1.29 is 22.3 Å². The predicted molar refractivity (Wildman–Crippen MR) is 74.8 cm³/mol. The third-order valence-electron chi connectivity index (χ3n) is 2.39. The van der Waals surface area contributed by atoms with E-state index in [1.807, 2.05) is 0 Å². The fraction of sp³-hybridized carbons (Fsp3) is 0.333. The van der Waals surface area contributed by atoms with Gasteiger partial charge in [-0.25, -0.2) is 17.6 Å². The predicted octanol–water partition coefficient (Wildman–Crippen LogP) is 2.03. The SMILES string of the molecule is CCOC(=O)Nc1cc(NS(=O)(=O)CC)c(C#N)cc1F. The molecule has 1 amide bonds. The van der Waals surface area contributed by atoms with Gasteiger partial charge in [-0.05, 0) is 26.0 Å². The highest BCUT2D eigenvalue weighted by atomic mass is 32.2. The van der Waals surface area contributed by atoms with Gasteiger partial charge in [-0.2, -0.15) is 5.26 Å². The number of anilines is 2. The van der Waals surface area contributed by atoms with E-state index in [0.717, 1.165) is 12.1 Å². The number of ether oxygens (including phenoxy) is 1. The van der Waals surface area contributed by atoms with Crippen molar-refractivity contribution in [1.29, 1.82) is 5.26 Å². The van der Waals surface area contributed by atoms with Gasteiger partial charge < -0.3 is 4.74 Å². The van der Waals surface area contributed by atoms with Crippen LogP contribution >= 0.6 is 0 Å². The average Bonchev–Trinajstić information content (AvgIpc) is 2.42. The van der Waals surface area contributed by atoms with Crippen molar-refractivity contribution in [3.63, 3.8) is 0 Å². The maximum absolute atomic E-state index is 13.7. The first-order chi connectivity index (χ1) is 9.82. The molecule has 0 atom stereocenters. The van der Waals surface area contributed by atoms with E-state index < -0.39 is 21.9 Å². The Morgan fingerprint density at radius 2 is 2.05 bits per heavy atom. The average molecular weight is 315 g/mol. The molecular weight excluding hydrogens is 301 g/mol. The van der Waals surface area contributed by atoms with E-state index in [-0.39, 0.29) is 29.3 Å². The zero-order chi connectivity index (χ0) is 16.0. The van der Waals surface area contributed by atoms with Gasteiger partial charge in [0.25, 0.3) is 0 Å². The maximum Gasteiger partial charge on any atom is 0.411 e. The molecule has 1 rings (SSSR count). The molecule has 0 aliphatic rings. The highest BCUT2D eigenvalue weighted by molar-refractivity contribution is 7.92. The summed E-state index contributed by atoms with van der Waals surface area (Å²) in [5.74, 6) is -1.09. The van der Waals surface area contributed by atoms with Gasteiger partial charge in [0.15, 0.2) is 0 Å². The van der Waals surface area contributed by atoms with E-state index in [1.54, 1.807) is 13.0 Å². The van der Waals surface area contributed by atoms with Crippen LogP contribution in [0.4, 0.5) is 20.6 Å². The summed E-state index contributed by atoms with van der Waals surface area (Å²) < 4.78 is 43.5. The zero-order valence-corrected chi connectivity index (χ0v) is 12.3. The smallest absolute Gasteiger partial charge is 0.411 e. The van der Waals surface area contributed by atoms with Crippen LogP contribution in [-0.4, -0.2) is 26.9 Å². The third kappa shape index (κ3) is 4.61. The second-order valence-corrected chi connectivity index (χ2v) is 5.85. The molecule has 0 radical (unpaired) electrons. The van der Waals surface area contributed by atoms with Gasteiger partial charge in [-0.1, -0.05) is 0 Å². The summed E-state index contributed by atoms with van der Waals surface area (Å²) in [6.07, 6.45) is -0.884. The zero-order valence-electron chi connectivity index (χ0n) is 11.4. The Balaban J connectivity index is 3.19. The molecule has 0 aliphatic heterocycles. The topological polar surface area (TPSA) is 108 Å². The Kier molecular flexibility index (Phi) is 5.49. The van der Waals surface area contributed by atoms with E-state index in [2.05, 4.69) is 14.8 Å². The number of nitrogens with one attached hydrogen (secondary N) is 2. The van der Waals surface area contributed by atoms with Crippen LogP contribution in [-0.2, 0) is 14.8 Å². The van der Waals surface area contributed by atoms with Gasteiger partial charge in [0.1, 0.15) is 11.9 Å². The van der Waals surface area contributed by atoms with Crippen molar-refractivity contribution in [3.8, 4) is 6.07 Å². The standard InChI is InChI=1S/C12H14FN3O4S/c1-3-20-12(17)15-11-6-10(16-21(18,19)4-2)8(7-14)5-9(11)13/h5-6,16H,3-4H2,1-2H3,(H,15,17). The highest BCUT2D eigenvalue weighted by Gasteiger charge is 2.16. The molecule has 0 saturated heterocycles. The van der Waals surface area contributed by atoms with Crippen LogP contribution < -0.4 is 10.0 Å². The van der Waals surface area contributed by atoms with Crippen molar-refractivity contribution in [2.75, 3.05) is 22.4 Å². The maximum atomic E-state index is 13.7. The first kappa shape index (κ1) is 16.7. The lowest BCUT2D eigenvalue weighted by molar-refractivity contribution is 0.168. The molecule has 114 valence electrons. The molecule has 0 bridgehead atoms. The number of halogens is 1. The Morgan fingerprint density at radius 1 is 1.38 bits per heavy atom. The Labute approximate surface area is 121 Å². The van der Waals surface area contributed by atoms with E-state index in [0.29, 0.717) is 0 Å². The van der Waals surface area contributed by atoms with Crippen molar-refractivity contribution in [3.05, 3.63) is 23.5 Å². The second-order valence-electron chi connectivity index (χ2n) is 3.84. The lowest BCUT2D eigenvalue weighted by Crippen LogP contribution is -2.17. The van der Waals surface area contributed by atoms with Crippen LogP contribution in [0.5, 0.6) is 0 Å². The van der Waals surface area contributed by atoms with Gasteiger partial charge in [0.2, 0.25) is 10.0 Å². The van der Waals surface area contributed by atoms with Gasteiger partial charge in [0.05, 0.1) is 29.3 Å². The molecule has 0 aromatic heterocycles. The summed E-state index contributed by atoms with van der Waals surface area (Å²) in [6, 6.07) is 3.53. The number of carbonyl (C=O) groups is 1. The summed E-state index contributed by atoms with van der Waals surface area (Å²) >= 11 is 0. The summed E-state index contributed by atoms with van der Waals surface area (Å²) in [7, 11) is -3.64. The first-order valence-electron chi connectivity index (χ1n) is 6.00. The van der Waals surface area contributed by atoms with Crippen molar-refractivity contribution in [2.45, 2.75) is 13.8 Å². The number of carbonyl (C=O) groups excluding carboxylic acids is 1. The number of nitriles is 1. The molecule has 0 aliphatic carbocycles. The molecule has 0 unspecified atom stereocenters. The van der Waals surface area contributed by atoms with Crippen LogP contribution in [0, 0.1) is 17.1 Å². The minimum absolute atomic E-state index is 0.0963. The number of sulfonamides is 1. The fourth-order valence-electron chi connectivity index (χ4n) is 1.36. The number of amides is 1. The molecule has 0 heterocycles. The monoisotopic (exact) mass is 315 g/mol. The fourth-order valence-corrected chi connectivity index (χ4v) is 2.01. The van der Waals surface area contributed by atoms with E-state index in [4.69, 9.17) is 5.26 Å². The summed E-state index contributed by atoms with van der Waals surface area (Å²) in [6.45, 7) is 3.09. The molecule has 7 nitrogen and oxygen atoms in total. The molecule has 1 aromatic rings. The van der Waals surface area contributed by atoms with Crippen LogP contribution in [0.3, 0.4) is 0 Å². The van der Waals surface area contributed by atoms with Gasteiger partial charge >= 0.3 is 6.09 Å². The van der Waals surface area contributed by atoms with E-state index >= 15 is 0 Å². The molecule has 21 heavy (non-hydrogen) atoms. The molecule has 0 saturated carbocycles. The summed E-state index contributed by atoms with van der Waals surface area (Å²) in [4.78, 5) is 11.3. The number of benzene rings is 1. The summed E-state index contributed by atoms with van der Waals surface area (Å²) in [5.41, 5.74) is -0.604. The van der Waals surface area contributed by atoms with Crippen molar-refractivity contribution >= 4 is 27.5 Å². The van der Waals surface area contributed by atoms with Gasteiger partial charge in [-0.3, -0.25) is 10.0 Å². The molecule has 2 N–H and O–H groups in total. The minimum atomic E-state index is -3.64. The Morgan fingerprint density at radius 3 is 2.57 bits per heavy atom. The van der Waals surface area contributed by atoms with Gasteiger partial charge in [0, 0.05) is 0 Å². The quantitative estimate of drug-likeness (QED) is 0.864. The molecule has 0 fully saturated rings. The van der Waals surface area contributed by atoms with E-state index in [9.17, 15) is 17.6 Å². The van der Waals surface area contributed by atoms with Crippen LogP contribution in [0.25, 0.3) is 0 Å². The molecular formula is C12H14FN3O4S. The van der Waals surface area contributed by atoms with Crippen LogP contribution in [0.15, 0.2) is 12.1 Å². The van der Waals surface area contributed by atoms with E-state index in [1.165, 1.54) is 6.92 Å². The number of rotatable bonds is 5. The van der Waals surface area contributed by atoms with Gasteiger partial charge in [-0.15, -0.1) is 0 Å². The highest BCUT2D eigenvalue weighted by Crippen LogP contribution is 2.25. The van der Waals surface area contributed by atoms with Crippen molar-refractivity contribution in [1.82, 2.24) is 0 Å². The largest absolute Gasteiger partial charge is 0.450 e. The minimum Gasteiger partial charge on any atom is -0.450 e. The molecule has 1 aromatic carbocycles. The first-order valence-corrected chi connectivity index (χ1v) is 7.66.